The van der Waals surface area contributed by atoms with Gasteiger partial charge in [0.05, 0.1) is 19.3 Å². The molecular weight excluding hydrogens is 282 g/mol. The van der Waals surface area contributed by atoms with Gasteiger partial charge in [0.15, 0.2) is 5.75 Å². The molecule has 3 rings (SSSR count). The number of aromatic nitrogens is 2. The fourth-order valence-electron chi connectivity index (χ4n) is 3.11. The molecule has 1 aliphatic carbocycles. The second-order valence-electron chi connectivity index (χ2n) is 5.81. The van der Waals surface area contributed by atoms with Crippen molar-refractivity contribution in [3.05, 3.63) is 33.3 Å². The molecule has 1 aliphatic rings. The number of hydrogen-bond donors (Lipinski definition) is 1. The van der Waals surface area contributed by atoms with E-state index in [4.69, 9.17) is 4.74 Å². The predicted molar refractivity (Wildman–Crippen MR) is 86.4 cm³/mol. The SMILES string of the molecule is CNC(c1cc2c(s1)CCC2)c1c(OC)cnn1C(C)C. The van der Waals surface area contributed by atoms with Crippen molar-refractivity contribution >= 4 is 11.3 Å². The average Bonchev–Trinajstić information content (AvgIpc) is 3.12. The maximum absolute atomic E-state index is 5.54. The summed E-state index contributed by atoms with van der Waals surface area (Å²) in [6.07, 6.45) is 5.58. The Morgan fingerprint density at radius 1 is 1.38 bits per heavy atom. The third-order valence-electron chi connectivity index (χ3n) is 4.12. The number of hydrogen-bond acceptors (Lipinski definition) is 4. The molecule has 2 aromatic rings. The first kappa shape index (κ1) is 14.6. The molecule has 1 atom stereocenters. The molecule has 2 heterocycles. The van der Waals surface area contributed by atoms with Crippen LogP contribution in [0.3, 0.4) is 0 Å². The lowest BCUT2D eigenvalue weighted by Crippen LogP contribution is -2.22. The fourth-order valence-corrected chi connectivity index (χ4v) is 4.48. The molecule has 1 N–H and O–H groups in total. The van der Waals surface area contributed by atoms with E-state index in [1.54, 1.807) is 12.0 Å². The summed E-state index contributed by atoms with van der Waals surface area (Å²) in [6, 6.07) is 2.82. The number of methoxy groups -OCH3 is 1. The van der Waals surface area contributed by atoms with Crippen LogP contribution in [0.5, 0.6) is 5.75 Å². The van der Waals surface area contributed by atoms with Crippen molar-refractivity contribution in [2.24, 2.45) is 0 Å². The molecule has 0 bridgehead atoms. The Balaban J connectivity index is 2.04. The van der Waals surface area contributed by atoms with Gasteiger partial charge in [-0.25, -0.2) is 0 Å². The number of ether oxygens (including phenoxy) is 1. The van der Waals surface area contributed by atoms with Gasteiger partial charge in [0.25, 0.3) is 0 Å². The van der Waals surface area contributed by atoms with Crippen LogP contribution >= 0.6 is 11.3 Å². The Morgan fingerprint density at radius 3 is 2.81 bits per heavy atom. The lowest BCUT2D eigenvalue weighted by molar-refractivity contribution is 0.397. The summed E-state index contributed by atoms with van der Waals surface area (Å²) in [5.41, 5.74) is 2.65. The Labute approximate surface area is 130 Å². The van der Waals surface area contributed by atoms with Crippen molar-refractivity contribution in [1.29, 1.82) is 0 Å². The van der Waals surface area contributed by atoms with Gasteiger partial charge in [-0.15, -0.1) is 11.3 Å². The standard InChI is InChI=1S/C16H23N3OS/c1-10(2)19-16(12(20-4)9-18-19)15(17-3)14-8-11-6-5-7-13(11)21-14/h8-10,15,17H,5-7H2,1-4H3. The van der Waals surface area contributed by atoms with Crippen molar-refractivity contribution in [3.63, 3.8) is 0 Å². The van der Waals surface area contributed by atoms with Gasteiger partial charge in [0.2, 0.25) is 0 Å². The minimum atomic E-state index is 0.139. The quantitative estimate of drug-likeness (QED) is 0.921. The minimum absolute atomic E-state index is 0.139. The molecule has 0 saturated heterocycles. The van der Waals surface area contributed by atoms with Crippen LogP contribution in [0.4, 0.5) is 0 Å². The van der Waals surface area contributed by atoms with E-state index in [1.807, 2.05) is 24.6 Å². The van der Waals surface area contributed by atoms with E-state index < -0.39 is 0 Å². The van der Waals surface area contributed by atoms with Gasteiger partial charge < -0.3 is 10.1 Å². The Bertz CT molecular complexity index is 608. The van der Waals surface area contributed by atoms with Crippen molar-refractivity contribution in [2.45, 2.75) is 45.2 Å². The molecule has 4 nitrogen and oxygen atoms in total. The molecule has 0 spiro atoms. The smallest absolute Gasteiger partial charge is 0.161 e. The van der Waals surface area contributed by atoms with Crippen molar-refractivity contribution in [2.75, 3.05) is 14.2 Å². The normalized spacial score (nSPS) is 15.5. The largest absolute Gasteiger partial charge is 0.493 e. The Kier molecular flexibility index (Phi) is 4.04. The summed E-state index contributed by atoms with van der Waals surface area (Å²) in [5.74, 6) is 0.858. The van der Waals surface area contributed by atoms with Crippen molar-refractivity contribution in [3.8, 4) is 5.75 Å². The first-order valence-corrected chi connectivity index (χ1v) is 8.37. The number of fused-ring (bicyclic) bond motifs is 1. The van der Waals surface area contributed by atoms with Gasteiger partial charge in [0.1, 0.15) is 5.69 Å². The number of nitrogens with zero attached hydrogens (tertiary/aromatic N) is 2. The van der Waals surface area contributed by atoms with Crippen LogP contribution in [0.25, 0.3) is 0 Å². The third kappa shape index (κ3) is 2.49. The molecule has 5 heteroatoms. The minimum Gasteiger partial charge on any atom is -0.493 e. The lowest BCUT2D eigenvalue weighted by atomic mass is 10.1. The lowest BCUT2D eigenvalue weighted by Gasteiger charge is -2.20. The molecule has 0 aromatic carbocycles. The van der Waals surface area contributed by atoms with E-state index in [1.165, 1.54) is 29.7 Å². The maximum Gasteiger partial charge on any atom is 0.161 e. The molecule has 0 aliphatic heterocycles. The summed E-state index contributed by atoms with van der Waals surface area (Å²) in [6.45, 7) is 4.30. The summed E-state index contributed by atoms with van der Waals surface area (Å²) >= 11 is 1.93. The summed E-state index contributed by atoms with van der Waals surface area (Å²) < 4.78 is 7.60. The number of rotatable bonds is 5. The third-order valence-corrected chi connectivity index (χ3v) is 5.42. The predicted octanol–water partition coefficient (Wildman–Crippen LogP) is 3.33. The molecule has 0 fully saturated rings. The van der Waals surface area contributed by atoms with Crippen molar-refractivity contribution < 1.29 is 4.74 Å². The van der Waals surface area contributed by atoms with Gasteiger partial charge >= 0.3 is 0 Å². The summed E-state index contributed by atoms with van der Waals surface area (Å²) in [4.78, 5) is 2.92. The van der Waals surface area contributed by atoms with Crippen LogP contribution in [0.15, 0.2) is 12.3 Å². The van der Waals surface area contributed by atoms with Gasteiger partial charge in [-0.2, -0.15) is 5.10 Å². The van der Waals surface area contributed by atoms with Gasteiger partial charge in [-0.3, -0.25) is 4.68 Å². The maximum atomic E-state index is 5.54. The molecule has 114 valence electrons. The Morgan fingerprint density at radius 2 is 2.19 bits per heavy atom. The molecule has 2 aromatic heterocycles. The fraction of sp³-hybridized carbons (Fsp3) is 0.562. The highest BCUT2D eigenvalue weighted by molar-refractivity contribution is 7.12. The van der Waals surface area contributed by atoms with Crippen LogP contribution in [-0.4, -0.2) is 23.9 Å². The number of nitrogens with one attached hydrogen (secondary N) is 1. The summed E-state index contributed by atoms with van der Waals surface area (Å²) in [5, 5.41) is 7.95. The molecule has 0 amide bonds. The van der Waals surface area contributed by atoms with Crippen LogP contribution < -0.4 is 10.1 Å². The van der Waals surface area contributed by atoms with E-state index in [0.29, 0.717) is 6.04 Å². The first-order valence-electron chi connectivity index (χ1n) is 7.55. The Hall–Kier alpha value is -1.33. The second kappa shape index (κ2) is 5.81. The monoisotopic (exact) mass is 305 g/mol. The topological polar surface area (TPSA) is 39.1 Å². The molecule has 1 unspecified atom stereocenters. The van der Waals surface area contributed by atoms with Crippen LogP contribution in [0, 0.1) is 0 Å². The summed E-state index contributed by atoms with van der Waals surface area (Å²) in [7, 11) is 3.72. The highest BCUT2D eigenvalue weighted by Crippen LogP contribution is 2.38. The van der Waals surface area contributed by atoms with E-state index >= 15 is 0 Å². The van der Waals surface area contributed by atoms with Gasteiger partial charge in [-0.1, -0.05) is 0 Å². The van der Waals surface area contributed by atoms with E-state index in [2.05, 4.69) is 35.0 Å². The first-order chi connectivity index (χ1) is 10.2. The van der Waals surface area contributed by atoms with Gasteiger partial charge in [0, 0.05) is 15.8 Å². The van der Waals surface area contributed by atoms with Gasteiger partial charge in [-0.05, 0) is 51.8 Å². The van der Waals surface area contributed by atoms with Crippen LogP contribution in [-0.2, 0) is 12.8 Å². The zero-order valence-electron chi connectivity index (χ0n) is 13.1. The second-order valence-corrected chi connectivity index (χ2v) is 6.98. The molecule has 21 heavy (non-hydrogen) atoms. The van der Waals surface area contributed by atoms with Crippen LogP contribution in [0.1, 0.15) is 53.4 Å². The highest BCUT2D eigenvalue weighted by Gasteiger charge is 2.27. The van der Waals surface area contributed by atoms with Crippen molar-refractivity contribution in [1.82, 2.24) is 15.1 Å². The zero-order valence-corrected chi connectivity index (χ0v) is 14.0. The molecular formula is C16H23N3OS. The number of thiophene rings is 1. The van der Waals surface area contributed by atoms with E-state index in [9.17, 15) is 0 Å². The van der Waals surface area contributed by atoms with E-state index in [-0.39, 0.29) is 6.04 Å². The zero-order chi connectivity index (χ0) is 15.0. The number of aryl methyl sites for hydroxylation is 2. The molecule has 0 radical (unpaired) electrons. The van der Waals surface area contributed by atoms with E-state index in [0.717, 1.165) is 11.4 Å². The molecule has 0 saturated carbocycles. The van der Waals surface area contributed by atoms with Crippen LogP contribution in [0.2, 0.25) is 0 Å². The highest BCUT2D eigenvalue weighted by atomic mass is 32.1. The average molecular weight is 305 g/mol.